The van der Waals surface area contributed by atoms with Crippen LogP contribution >= 0.6 is 0 Å². The molecule has 170 valence electrons. The summed E-state index contributed by atoms with van der Waals surface area (Å²) in [6, 6.07) is 15.6. The zero-order valence-electron chi connectivity index (χ0n) is 19.1. The third kappa shape index (κ3) is 7.82. The molecular weight excluding hydrogens is 415 g/mol. The maximum Gasteiger partial charge on any atom is 0.251 e. The Morgan fingerprint density at radius 1 is 1.12 bits per heavy atom. The van der Waals surface area contributed by atoms with Crippen molar-refractivity contribution < 1.29 is 9.18 Å². The number of halogens is 1. The number of allylic oxidation sites excluding steroid dienone is 4. The second kappa shape index (κ2) is 12.7. The van der Waals surface area contributed by atoms with Crippen LogP contribution in [-0.2, 0) is 11.3 Å². The molecule has 5 nitrogen and oxygen atoms in total. The van der Waals surface area contributed by atoms with Crippen LogP contribution in [0.1, 0.15) is 43.5 Å². The third-order valence-electron chi connectivity index (χ3n) is 5.02. The van der Waals surface area contributed by atoms with E-state index in [1.807, 2.05) is 44.2 Å². The first kappa shape index (κ1) is 25.2. The van der Waals surface area contributed by atoms with Gasteiger partial charge in [0, 0.05) is 17.8 Å². The summed E-state index contributed by atoms with van der Waals surface area (Å²) in [6.45, 7) is 6.02. The zero-order valence-corrected chi connectivity index (χ0v) is 19.1. The molecule has 33 heavy (non-hydrogen) atoms. The van der Waals surface area contributed by atoms with Crippen molar-refractivity contribution >= 4 is 11.6 Å². The van der Waals surface area contributed by atoms with E-state index in [-0.39, 0.29) is 17.8 Å². The van der Waals surface area contributed by atoms with Gasteiger partial charge in [-0.1, -0.05) is 48.6 Å². The van der Waals surface area contributed by atoms with Gasteiger partial charge in [-0.15, -0.1) is 0 Å². The van der Waals surface area contributed by atoms with Crippen LogP contribution in [0.5, 0.6) is 0 Å². The van der Waals surface area contributed by atoms with Crippen LogP contribution in [0, 0.1) is 17.1 Å². The molecule has 2 aromatic carbocycles. The molecule has 0 radical (unpaired) electrons. The fourth-order valence-corrected chi connectivity index (χ4v) is 2.99. The van der Waals surface area contributed by atoms with E-state index in [0.29, 0.717) is 17.7 Å². The molecular formula is C27H29FN4O. The smallest absolute Gasteiger partial charge is 0.251 e. The standard InChI is InChI=1S/C27H29FN4O/c1-4-22(27(33)32-19(3)23-10-12-25(28)13-11-23)16-21(17-29)14-15-31-18-20-6-8-24(9-7-20)26(30)5-2/h4-16,19,31H,18,30H2,1-3H3,(H,32,33)/b15-14-,21-16+,22-4+,26-5-/t19-/m0/s1. The van der Waals surface area contributed by atoms with Crippen molar-refractivity contribution in [3.8, 4) is 6.07 Å². The second-order valence-corrected chi connectivity index (χ2v) is 7.36. The average molecular weight is 445 g/mol. The maximum atomic E-state index is 13.1. The van der Waals surface area contributed by atoms with E-state index < -0.39 is 0 Å². The van der Waals surface area contributed by atoms with E-state index in [9.17, 15) is 14.4 Å². The minimum Gasteiger partial charge on any atom is -0.399 e. The number of carbonyl (C=O) groups excluding carboxylic acids is 1. The van der Waals surface area contributed by atoms with Gasteiger partial charge in [0.2, 0.25) is 0 Å². The van der Waals surface area contributed by atoms with Gasteiger partial charge >= 0.3 is 0 Å². The molecule has 0 heterocycles. The lowest BCUT2D eigenvalue weighted by Gasteiger charge is -2.14. The van der Waals surface area contributed by atoms with Gasteiger partial charge in [0.15, 0.2) is 0 Å². The summed E-state index contributed by atoms with van der Waals surface area (Å²) >= 11 is 0. The Hall–Kier alpha value is -4.11. The normalized spacial score (nSPS) is 13.5. The van der Waals surface area contributed by atoms with Gasteiger partial charge in [0.05, 0.1) is 17.7 Å². The van der Waals surface area contributed by atoms with Crippen molar-refractivity contribution in [2.24, 2.45) is 5.73 Å². The number of nitrogens with one attached hydrogen (secondary N) is 2. The monoisotopic (exact) mass is 444 g/mol. The number of benzene rings is 2. The Labute approximate surface area is 194 Å². The summed E-state index contributed by atoms with van der Waals surface area (Å²) in [4.78, 5) is 12.6. The van der Waals surface area contributed by atoms with Gasteiger partial charge < -0.3 is 16.4 Å². The zero-order chi connectivity index (χ0) is 24.2. The molecule has 2 aromatic rings. The molecule has 1 amide bonds. The Morgan fingerprint density at radius 2 is 1.79 bits per heavy atom. The molecule has 0 aliphatic heterocycles. The highest BCUT2D eigenvalue weighted by atomic mass is 19.1. The van der Waals surface area contributed by atoms with Crippen LogP contribution in [0.3, 0.4) is 0 Å². The van der Waals surface area contributed by atoms with E-state index in [2.05, 4.69) is 16.7 Å². The second-order valence-electron chi connectivity index (χ2n) is 7.36. The summed E-state index contributed by atoms with van der Waals surface area (Å²) in [5.74, 6) is -0.646. The van der Waals surface area contributed by atoms with Crippen LogP contribution in [0.4, 0.5) is 4.39 Å². The number of nitrogens with zero attached hydrogens (tertiary/aromatic N) is 1. The van der Waals surface area contributed by atoms with Gasteiger partial charge in [-0.2, -0.15) is 5.26 Å². The molecule has 0 saturated carbocycles. The van der Waals surface area contributed by atoms with Crippen molar-refractivity contribution in [1.29, 1.82) is 5.26 Å². The Morgan fingerprint density at radius 3 is 2.36 bits per heavy atom. The number of nitriles is 1. The van der Waals surface area contributed by atoms with Gasteiger partial charge in [-0.3, -0.25) is 4.79 Å². The molecule has 0 fully saturated rings. The van der Waals surface area contributed by atoms with Gasteiger partial charge in [-0.25, -0.2) is 4.39 Å². The average Bonchev–Trinajstić information content (AvgIpc) is 2.83. The highest BCUT2D eigenvalue weighted by Crippen LogP contribution is 2.15. The summed E-state index contributed by atoms with van der Waals surface area (Å²) in [5, 5.41) is 15.5. The van der Waals surface area contributed by atoms with E-state index in [4.69, 9.17) is 5.73 Å². The first-order valence-electron chi connectivity index (χ1n) is 10.6. The number of hydrogen-bond donors (Lipinski definition) is 3. The number of amides is 1. The van der Waals surface area contributed by atoms with E-state index >= 15 is 0 Å². The van der Waals surface area contributed by atoms with Gasteiger partial charge in [-0.05, 0) is 67.9 Å². The third-order valence-corrected chi connectivity index (χ3v) is 5.02. The summed E-state index contributed by atoms with van der Waals surface area (Å²) in [6.07, 6.45) is 8.32. The lowest BCUT2D eigenvalue weighted by molar-refractivity contribution is -0.117. The quantitative estimate of drug-likeness (QED) is 0.288. The topological polar surface area (TPSA) is 90.9 Å². The molecule has 2 rings (SSSR count). The first-order chi connectivity index (χ1) is 15.9. The predicted molar refractivity (Wildman–Crippen MR) is 131 cm³/mol. The molecule has 1 atom stereocenters. The van der Waals surface area contributed by atoms with E-state index in [1.165, 1.54) is 18.2 Å². The van der Waals surface area contributed by atoms with Crippen LogP contribution in [0.2, 0.25) is 0 Å². The highest BCUT2D eigenvalue weighted by Gasteiger charge is 2.12. The molecule has 0 spiro atoms. The van der Waals surface area contributed by atoms with E-state index in [0.717, 1.165) is 22.4 Å². The fourth-order valence-electron chi connectivity index (χ4n) is 2.99. The lowest BCUT2D eigenvalue weighted by atomic mass is 10.1. The number of carbonyl (C=O) groups is 1. The van der Waals surface area contributed by atoms with Gasteiger partial charge in [0.1, 0.15) is 5.82 Å². The Kier molecular flexibility index (Phi) is 9.66. The number of nitrogens with two attached hydrogens (primary N) is 1. The van der Waals surface area contributed by atoms with E-state index in [1.54, 1.807) is 37.4 Å². The fraction of sp³-hybridized carbons (Fsp3) is 0.185. The lowest BCUT2D eigenvalue weighted by Crippen LogP contribution is -2.27. The van der Waals surface area contributed by atoms with Crippen LogP contribution in [-0.4, -0.2) is 5.91 Å². The molecule has 0 unspecified atom stereocenters. The van der Waals surface area contributed by atoms with Crippen LogP contribution < -0.4 is 16.4 Å². The van der Waals surface area contributed by atoms with Crippen LogP contribution in [0.25, 0.3) is 5.70 Å². The number of hydrogen-bond acceptors (Lipinski definition) is 4. The van der Waals surface area contributed by atoms with Crippen molar-refractivity contribution in [2.45, 2.75) is 33.4 Å². The van der Waals surface area contributed by atoms with Crippen LogP contribution in [0.15, 0.2) is 90.2 Å². The first-order valence-corrected chi connectivity index (χ1v) is 10.6. The van der Waals surface area contributed by atoms with Crippen molar-refractivity contribution in [2.75, 3.05) is 0 Å². The van der Waals surface area contributed by atoms with Crippen molar-refractivity contribution in [3.05, 3.63) is 113 Å². The van der Waals surface area contributed by atoms with Crippen molar-refractivity contribution in [1.82, 2.24) is 10.6 Å². The molecule has 0 bridgehead atoms. The minimum atomic E-state index is -0.330. The summed E-state index contributed by atoms with van der Waals surface area (Å²) in [7, 11) is 0. The number of rotatable bonds is 9. The molecule has 6 heteroatoms. The minimum absolute atomic E-state index is 0.307. The molecule has 0 aliphatic rings. The molecule has 0 saturated heterocycles. The van der Waals surface area contributed by atoms with Crippen molar-refractivity contribution in [3.63, 3.8) is 0 Å². The van der Waals surface area contributed by atoms with Gasteiger partial charge in [0.25, 0.3) is 5.91 Å². The Balaban J connectivity index is 1.96. The molecule has 4 N–H and O–H groups in total. The predicted octanol–water partition coefficient (Wildman–Crippen LogP) is 5.02. The SMILES string of the molecule is C/C=C(\N)c1ccc(CN\C=C/C(C#N)=C\C(=C/C)C(=O)N[C@@H](C)c2ccc(F)cc2)cc1. The largest absolute Gasteiger partial charge is 0.399 e. The molecule has 0 aromatic heterocycles. The molecule has 0 aliphatic carbocycles. The maximum absolute atomic E-state index is 13.1. The summed E-state index contributed by atoms with van der Waals surface area (Å²) in [5.41, 5.74) is 10.1. The Bertz CT molecular complexity index is 1100. The summed E-state index contributed by atoms with van der Waals surface area (Å²) < 4.78 is 13.1. The highest BCUT2D eigenvalue weighted by molar-refractivity contribution is 5.96.